The van der Waals surface area contributed by atoms with Crippen LogP contribution in [0.2, 0.25) is 0 Å². The molecule has 0 bridgehead atoms. The van der Waals surface area contributed by atoms with Crippen LogP contribution in [-0.4, -0.2) is 30.1 Å². The largest absolute Gasteiger partial charge is 0.496 e. The summed E-state index contributed by atoms with van der Waals surface area (Å²) in [4.78, 5) is 28.1. The molecule has 0 unspecified atom stereocenters. The summed E-state index contributed by atoms with van der Waals surface area (Å²) in [5.74, 6) is -0.419. The number of nitrogens with zero attached hydrogens (tertiary/aromatic N) is 1. The van der Waals surface area contributed by atoms with Crippen LogP contribution in [0.1, 0.15) is 36.0 Å². The van der Waals surface area contributed by atoms with Crippen LogP contribution in [0.4, 0.5) is 14.9 Å². The first-order valence-electron chi connectivity index (χ1n) is 10.3. The van der Waals surface area contributed by atoms with Gasteiger partial charge >= 0.3 is 6.03 Å². The third kappa shape index (κ3) is 4.56. The number of hydrogen-bond acceptors (Lipinski definition) is 5. The van der Waals surface area contributed by atoms with Crippen LogP contribution in [0.5, 0.6) is 17.2 Å². The highest BCUT2D eigenvalue weighted by Gasteiger charge is 2.18. The van der Waals surface area contributed by atoms with Crippen molar-refractivity contribution >= 4 is 28.5 Å². The van der Waals surface area contributed by atoms with Gasteiger partial charge in [0.15, 0.2) is 0 Å². The van der Waals surface area contributed by atoms with Gasteiger partial charge < -0.3 is 25.8 Å². The lowest BCUT2D eigenvalue weighted by molar-refractivity contribution is 0.0997. The summed E-state index contributed by atoms with van der Waals surface area (Å²) in [5, 5.41) is 5.90. The number of carbonyl (C=O) groups is 2. The molecule has 1 aromatic heterocycles. The lowest BCUT2D eigenvalue weighted by Gasteiger charge is -2.14. The molecule has 4 rings (SSSR count). The molecule has 9 heteroatoms. The van der Waals surface area contributed by atoms with Crippen molar-refractivity contribution in [2.24, 2.45) is 5.73 Å². The van der Waals surface area contributed by atoms with Gasteiger partial charge in [-0.15, -0.1) is 0 Å². The number of methoxy groups -OCH3 is 1. The van der Waals surface area contributed by atoms with Crippen molar-refractivity contribution in [1.29, 1.82) is 0 Å². The number of nitrogens with two attached hydrogens (primary N) is 1. The smallest absolute Gasteiger partial charge is 0.319 e. The Morgan fingerprint density at radius 3 is 2.59 bits per heavy atom. The molecule has 3 amide bonds. The second-order valence-corrected chi connectivity index (χ2v) is 7.57. The number of carbonyl (C=O) groups excluding carboxylic acids is 2. The van der Waals surface area contributed by atoms with Crippen molar-refractivity contribution in [2.75, 3.05) is 12.4 Å². The van der Waals surface area contributed by atoms with E-state index in [1.165, 1.54) is 31.5 Å². The molecule has 0 spiro atoms. The van der Waals surface area contributed by atoms with E-state index in [2.05, 4.69) is 15.6 Å². The molecule has 1 fully saturated rings. The highest BCUT2D eigenvalue weighted by Crippen LogP contribution is 2.34. The molecule has 0 radical (unpaired) electrons. The van der Waals surface area contributed by atoms with Crippen molar-refractivity contribution in [2.45, 2.75) is 31.7 Å². The topological polar surface area (TPSA) is 116 Å². The lowest BCUT2D eigenvalue weighted by Crippen LogP contribution is -2.36. The van der Waals surface area contributed by atoms with Crippen molar-refractivity contribution in [3.63, 3.8) is 0 Å². The average molecular weight is 438 g/mol. The third-order valence-electron chi connectivity index (χ3n) is 5.40. The van der Waals surface area contributed by atoms with Crippen molar-refractivity contribution in [3.8, 4) is 17.2 Å². The fourth-order valence-electron chi connectivity index (χ4n) is 3.80. The van der Waals surface area contributed by atoms with Gasteiger partial charge in [0.2, 0.25) is 0 Å². The first-order valence-corrected chi connectivity index (χ1v) is 10.3. The van der Waals surface area contributed by atoms with Crippen LogP contribution >= 0.6 is 0 Å². The second kappa shape index (κ2) is 9.09. The van der Waals surface area contributed by atoms with Crippen LogP contribution in [0.3, 0.4) is 0 Å². The number of benzene rings is 2. The Morgan fingerprint density at radius 2 is 1.91 bits per heavy atom. The molecule has 4 N–H and O–H groups in total. The number of halogens is 1. The number of amides is 3. The van der Waals surface area contributed by atoms with E-state index in [-0.39, 0.29) is 23.0 Å². The number of anilines is 1. The van der Waals surface area contributed by atoms with E-state index in [0.29, 0.717) is 22.4 Å². The third-order valence-corrected chi connectivity index (χ3v) is 5.40. The number of ether oxygens (including phenoxy) is 2. The Kier molecular flexibility index (Phi) is 6.07. The summed E-state index contributed by atoms with van der Waals surface area (Å²) in [7, 11) is 1.43. The maximum atomic E-state index is 14.6. The standard InChI is InChI=1S/C23H23FN4O4/c1-31-21-12-19-15(11-16(21)22(25)29)20(8-9-26-19)32-14-6-7-18(17(24)10-14)28-23(30)27-13-4-2-3-5-13/h6-13H,2-5H2,1H3,(H2,25,29)(H2,27,28,30). The van der Waals surface area contributed by atoms with Crippen molar-refractivity contribution < 1.29 is 23.5 Å². The summed E-state index contributed by atoms with van der Waals surface area (Å²) in [6.07, 6.45) is 5.57. The van der Waals surface area contributed by atoms with Crippen LogP contribution in [0.15, 0.2) is 42.6 Å². The Labute approximate surface area is 183 Å². The van der Waals surface area contributed by atoms with Gasteiger partial charge in [0.25, 0.3) is 5.91 Å². The molecule has 0 atom stereocenters. The van der Waals surface area contributed by atoms with E-state index in [4.69, 9.17) is 15.2 Å². The number of nitrogens with one attached hydrogen (secondary N) is 2. The fourth-order valence-corrected chi connectivity index (χ4v) is 3.80. The van der Waals surface area contributed by atoms with Gasteiger partial charge in [-0.3, -0.25) is 9.78 Å². The number of rotatable bonds is 6. The monoisotopic (exact) mass is 438 g/mol. The van der Waals surface area contributed by atoms with Gasteiger partial charge in [0.1, 0.15) is 23.1 Å². The number of hydrogen-bond donors (Lipinski definition) is 3. The lowest BCUT2D eigenvalue weighted by atomic mass is 10.1. The second-order valence-electron chi connectivity index (χ2n) is 7.57. The first kappa shape index (κ1) is 21.4. The normalized spacial score (nSPS) is 13.7. The van der Waals surface area contributed by atoms with Crippen LogP contribution in [0.25, 0.3) is 10.9 Å². The summed E-state index contributed by atoms with van der Waals surface area (Å²) in [6.45, 7) is 0. The quantitative estimate of drug-likeness (QED) is 0.530. The zero-order valence-electron chi connectivity index (χ0n) is 17.5. The number of aromatic nitrogens is 1. The van der Waals surface area contributed by atoms with Crippen molar-refractivity contribution in [3.05, 3.63) is 54.0 Å². The predicted molar refractivity (Wildman–Crippen MR) is 118 cm³/mol. The van der Waals surface area contributed by atoms with Crippen LogP contribution < -0.4 is 25.8 Å². The number of primary amides is 1. The zero-order valence-corrected chi connectivity index (χ0v) is 17.5. The van der Waals surface area contributed by atoms with Gasteiger partial charge in [-0.25, -0.2) is 9.18 Å². The molecule has 1 aliphatic carbocycles. The molecule has 0 aliphatic heterocycles. The van der Waals surface area contributed by atoms with Crippen molar-refractivity contribution in [1.82, 2.24) is 10.3 Å². The molecular formula is C23H23FN4O4. The Bertz CT molecular complexity index is 1180. The van der Waals surface area contributed by atoms with Gasteiger partial charge in [0.05, 0.1) is 23.9 Å². The highest BCUT2D eigenvalue weighted by molar-refractivity contribution is 6.01. The fraction of sp³-hybridized carbons (Fsp3) is 0.261. The molecule has 1 saturated carbocycles. The minimum Gasteiger partial charge on any atom is -0.496 e. The van der Waals surface area contributed by atoms with E-state index in [1.54, 1.807) is 18.2 Å². The number of fused-ring (bicyclic) bond motifs is 1. The van der Waals surface area contributed by atoms with E-state index < -0.39 is 17.8 Å². The maximum absolute atomic E-state index is 14.6. The minimum atomic E-state index is -0.657. The summed E-state index contributed by atoms with van der Waals surface area (Å²) >= 11 is 0. The number of pyridine rings is 1. The maximum Gasteiger partial charge on any atom is 0.319 e. The van der Waals surface area contributed by atoms with Crippen LogP contribution in [-0.2, 0) is 0 Å². The molecule has 8 nitrogen and oxygen atoms in total. The van der Waals surface area contributed by atoms with Crippen LogP contribution in [0, 0.1) is 5.82 Å². The van der Waals surface area contributed by atoms with E-state index in [9.17, 15) is 14.0 Å². The van der Waals surface area contributed by atoms with E-state index in [0.717, 1.165) is 25.7 Å². The molecular weight excluding hydrogens is 415 g/mol. The molecule has 1 heterocycles. The zero-order chi connectivity index (χ0) is 22.7. The molecule has 3 aromatic rings. The first-order chi connectivity index (χ1) is 15.4. The molecule has 166 valence electrons. The summed E-state index contributed by atoms with van der Waals surface area (Å²) < 4.78 is 25.6. The van der Waals surface area contributed by atoms with Gasteiger partial charge in [-0.05, 0) is 37.1 Å². The Balaban J connectivity index is 1.55. The molecule has 32 heavy (non-hydrogen) atoms. The van der Waals surface area contributed by atoms with Gasteiger partial charge in [-0.2, -0.15) is 0 Å². The SMILES string of the molecule is COc1cc2nccc(Oc3ccc(NC(=O)NC4CCCC4)c(F)c3)c2cc1C(N)=O. The van der Waals surface area contributed by atoms with Gasteiger partial charge in [0, 0.05) is 29.8 Å². The highest BCUT2D eigenvalue weighted by atomic mass is 19.1. The molecule has 0 saturated heterocycles. The summed E-state index contributed by atoms with van der Waals surface area (Å²) in [5.41, 5.74) is 6.19. The number of urea groups is 1. The van der Waals surface area contributed by atoms with E-state index >= 15 is 0 Å². The average Bonchev–Trinajstić information content (AvgIpc) is 3.27. The predicted octanol–water partition coefficient (Wildman–Crippen LogP) is 4.34. The van der Waals surface area contributed by atoms with E-state index in [1.807, 2.05) is 0 Å². The van der Waals surface area contributed by atoms with Gasteiger partial charge in [-0.1, -0.05) is 12.8 Å². The molecule has 1 aliphatic rings. The minimum absolute atomic E-state index is 0.0492. The summed E-state index contributed by atoms with van der Waals surface area (Å²) in [6, 6.07) is 8.55. The Hall–Kier alpha value is -3.88. The Morgan fingerprint density at radius 1 is 1.12 bits per heavy atom. The molecule has 2 aromatic carbocycles.